The summed E-state index contributed by atoms with van der Waals surface area (Å²) in [5.41, 5.74) is 2.42. The van der Waals surface area contributed by atoms with E-state index >= 15 is 0 Å². The molecule has 1 heterocycles. The van der Waals surface area contributed by atoms with Gasteiger partial charge in [-0.2, -0.15) is 0 Å². The molecule has 110 valence electrons. The molecule has 2 N–H and O–H groups in total. The lowest BCUT2D eigenvalue weighted by atomic mass is 10.2. The Labute approximate surface area is 132 Å². The predicted molar refractivity (Wildman–Crippen MR) is 86.8 cm³/mol. The third kappa shape index (κ3) is 3.32. The summed E-state index contributed by atoms with van der Waals surface area (Å²) in [5.74, 6) is 0.122. The van der Waals surface area contributed by atoms with Crippen LogP contribution in [0.1, 0.15) is 15.4 Å². The summed E-state index contributed by atoms with van der Waals surface area (Å²) in [6, 6.07) is 16.0. The second-order valence-electron chi connectivity index (χ2n) is 4.72. The zero-order valence-electron chi connectivity index (χ0n) is 11.7. The molecular weight excluding hydrogens is 296 g/mol. The van der Waals surface area contributed by atoms with Gasteiger partial charge in [-0.05, 0) is 36.4 Å². The summed E-state index contributed by atoms with van der Waals surface area (Å²) in [6.45, 7) is 0.399. The zero-order valence-corrected chi connectivity index (χ0v) is 12.5. The van der Waals surface area contributed by atoms with E-state index in [0.717, 1.165) is 16.3 Å². The first-order chi connectivity index (χ1) is 10.7. The van der Waals surface area contributed by atoms with Crippen molar-refractivity contribution in [3.8, 4) is 17.0 Å². The lowest BCUT2D eigenvalue weighted by Gasteiger charge is -2.02. The summed E-state index contributed by atoms with van der Waals surface area (Å²) < 4.78 is 0. The van der Waals surface area contributed by atoms with Crippen molar-refractivity contribution >= 4 is 17.2 Å². The number of carbonyl (C=O) groups excluding carboxylic acids is 1. The molecule has 0 atom stereocenters. The maximum Gasteiger partial charge on any atom is 0.251 e. The minimum atomic E-state index is -0.109. The molecule has 22 heavy (non-hydrogen) atoms. The van der Waals surface area contributed by atoms with Gasteiger partial charge >= 0.3 is 0 Å². The van der Waals surface area contributed by atoms with Crippen LogP contribution < -0.4 is 5.32 Å². The number of thiazole rings is 1. The van der Waals surface area contributed by atoms with Crippen LogP contribution in [0.5, 0.6) is 5.75 Å². The standard InChI is InChI=1S/C17H14N2O2S/c20-14-8-6-12(7-9-14)15-11-22-16(19-15)10-18-17(21)13-4-2-1-3-5-13/h1-9,11,20H,10H2,(H,18,21). The molecule has 0 unspecified atom stereocenters. The first-order valence-corrected chi connectivity index (χ1v) is 7.67. The summed E-state index contributed by atoms with van der Waals surface area (Å²) in [7, 11) is 0. The number of benzene rings is 2. The molecule has 2 aromatic carbocycles. The van der Waals surface area contributed by atoms with Gasteiger partial charge in [-0.1, -0.05) is 18.2 Å². The molecule has 1 aromatic heterocycles. The van der Waals surface area contributed by atoms with Gasteiger partial charge in [0.1, 0.15) is 10.8 Å². The molecule has 5 heteroatoms. The van der Waals surface area contributed by atoms with E-state index in [1.165, 1.54) is 11.3 Å². The van der Waals surface area contributed by atoms with Crippen molar-refractivity contribution in [1.29, 1.82) is 0 Å². The number of nitrogens with one attached hydrogen (secondary N) is 1. The fourth-order valence-corrected chi connectivity index (χ4v) is 2.75. The number of hydrogen-bond donors (Lipinski definition) is 2. The maximum absolute atomic E-state index is 12.0. The third-order valence-electron chi connectivity index (χ3n) is 3.15. The van der Waals surface area contributed by atoms with Crippen molar-refractivity contribution in [2.45, 2.75) is 6.54 Å². The van der Waals surface area contributed by atoms with Crippen LogP contribution >= 0.6 is 11.3 Å². The van der Waals surface area contributed by atoms with Crippen LogP contribution in [-0.2, 0) is 6.54 Å². The second kappa shape index (κ2) is 6.41. The van der Waals surface area contributed by atoms with Gasteiger partial charge in [0.25, 0.3) is 5.91 Å². The first kappa shape index (κ1) is 14.3. The van der Waals surface area contributed by atoms with Gasteiger partial charge in [0.15, 0.2) is 0 Å². The maximum atomic E-state index is 12.0. The third-order valence-corrected chi connectivity index (χ3v) is 4.00. The molecule has 0 aliphatic rings. The smallest absolute Gasteiger partial charge is 0.251 e. The van der Waals surface area contributed by atoms with Gasteiger partial charge in [-0.15, -0.1) is 11.3 Å². The topological polar surface area (TPSA) is 62.2 Å². The highest BCUT2D eigenvalue weighted by atomic mass is 32.1. The van der Waals surface area contributed by atoms with Crippen LogP contribution in [0, 0.1) is 0 Å². The Balaban J connectivity index is 1.65. The number of aromatic hydroxyl groups is 1. The molecule has 0 fully saturated rings. The van der Waals surface area contributed by atoms with E-state index in [1.54, 1.807) is 24.3 Å². The van der Waals surface area contributed by atoms with Crippen molar-refractivity contribution in [3.05, 3.63) is 70.5 Å². The largest absolute Gasteiger partial charge is 0.508 e. The number of hydrogen-bond acceptors (Lipinski definition) is 4. The minimum Gasteiger partial charge on any atom is -0.508 e. The Morgan fingerprint density at radius 3 is 2.55 bits per heavy atom. The van der Waals surface area contributed by atoms with E-state index in [-0.39, 0.29) is 11.7 Å². The minimum absolute atomic E-state index is 0.109. The average Bonchev–Trinajstić information content (AvgIpc) is 3.03. The Morgan fingerprint density at radius 1 is 1.09 bits per heavy atom. The summed E-state index contributed by atoms with van der Waals surface area (Å²) >= 11 is 1.50. The second-order valence-corrected chi connectivity index (χ2v) is 5.66. The SMILES string of the molecule is O=C(NCc1nc(-c2ccc(O)cc2)cs1)c1ccccc1. The normalized spacial score (nSPS) is 10.4. The lowest BCUT2D eigenvalue weighted by molar-refractivity contribution is 0.0951. The van der Waals surface area contributed by atoms with E-state index in [4.69, 9.17) is 0 Å². The fraction of sp³-hybridized carbons (Fsp3) is 0.0588. The lowest BCUT2D eigenvalue weighted by Crippen LogP contribution is -2.22. The monoisotopic (exact) mass is 310 g/mol. The van der Waals surface area contributed by atoms with Gasteiger partial charge in [0.2, 0.25) is 0 Å². The molecule has 4 nitrogen and oxygen atoms in total. The van der Waals surface area contributed by atoms with Gasteiger partial charge in [0, 0.05) is 16.5 Å². The number of aromatic nitrogens is 1. The number of carbonyl (C=O) groups is 1. The number of nitrogens with zero attached hydrogens (tertiary/aromatic N) is 1. The van der Waals surface area contributed by atoms with Crippen LogP contribution in [0.15, 0.2) is 60.0 Å². The van der Waals surface area contributed by atoms with Gasteiger partial charge in [0.05, 0.1) is 12.2 Å². The quantitative estimate of drug-likeness (QED) is 0.776. The van der Waals surface area contributed by atoms with Crippen molar-refractivity contribution in [1.82, 2.24) is 10.3 Å². The van der Waals surface area contributed by atoms with Crippen molar-refractivity contribution in [3.63, 3.8) is 0 Å². The highest BCUT2D eigenvalue weighted by Crippen LogP contribution is 2.23. The first-order valence-electron chi connectivity index (χ1n) is 6.79. The van der Waals surface area contributed by atoms with Crippen molar-refractivity contribution in [2.75, 3.05) is 0 Å². The molecule has 3 rings (SSSR count). The fourth-order valence-electron chi connectivity index (χ4n) is 2.00. The van der Waals surface area contributed by atoms with E-state index in [0.29, 0.717) is 12.1 Å². The average molecular weight is 310 g/mol. The van der Waals surface area contributed by atoms with Gasteiger partial charge in [-0.3, -0.25) is 4.79 Å². The number of phenolic OH excluding ortho intramolecular Hbond substituents is 1. The van der Waals surface area contributed by atoms with Gasteiger partial charge < -0.3 is 10.4 Å². The summed E-state index contributed by atoms with van der Waals surface area (Å²) in [4.78, 5) is 16.5. The molecule has 0 saturated carbocycles. The van der Waals surface area contributed by atoms with Crippen LogP contribution in [0.25, 0.3) is 11.3 Å². The Hall–Kier alpha value is -2.66. The van der Waals surface area contributed by atoms with Crippen LogP contribution in [0.4, 0.5) is 0 Å². The van der Waals surface area contributed by atoms with Crippen LogP contribution in [0.3, 0.4) is 0 Å². The zero-order chi connectivity index (χ0) is 15.4. The predicted octanol–water partition coefficient (Wildman–Crippen LogP) is 3.45. The van der Waals surface area contributed by atoms with Crippen LogP contribution in [0.2, 0.25) is 0 Å². The highest BCUT2D eigenvalue weighted by Gasteiger charge is 2.08. The van der Waals surface area contributed by atoms with Gasteiger partial charge in [-0.25, -0.2) is 4.98 Å². The van der Waals surface area contributed by atoms with E-state index in [2.05, 4.69) is 10.3 Å². The number of rotatable bonds is 4. The van der Waals surface area contributed by atoms with E-state index in [1.807, 2.05) is 35.7 Å². The Kier molecular flexibility index (Phi) is 4.16. The Morgan fingerprint density at radius 2 is 1.82 bits per heavy atom. The number of amides is 1. The molecule has 3 aromatic rings. The Bertz CT molecular complexity index is 767. The summed E-state index contributed by atoms with van der Waals surface area (Å²) in [6.07, 6.45) is 0. The summed E-state index contributed by atoms with van der Waals surface area (Å²) in [5, 5.41) is 14.9. The van der Waals surface area contributed by atoms with E-state index in [9.17, 15) is 9.90 Å². The van der Waals surface area contributed by atoms with Crippen LogP contribution in [-0.4, -0.2) is 16.0 Å². The van der Waals surface area contributed by atoms with E-state index < -0.39 is 0 Å². The number of phenols is 1. The molecule has 0 radical (unpaired) electrons. The molecule has 0 aliphatic carbocycles. The molecule has 0 saturated heterocycles. The molecule has 1 amide bonds. The molecule has 0 spiro atoms. The highest BCUT2D eigenvalue weighted by molar-refractivity contribution is 7.09. The molecular formula is C17H14N2O2S. The van der Waals surface area contributed by atoms with Crippen molar-refractivity contribution in [2.24, 2.45) is 0 Å². The molecule has 0 bridgehead atoms. The molecule has 0 aliphatic heterocycles. The van der Waals surface area contributed by atoms with Crippen molar-refractivity contribution < 1.29 is 9.90 Å².